The van der Waals surface area contributed by atoms with Crippen LogP contribution in [0.4, 0.5) is 0 Å². The van der Waals surface area contributed by atoms with Gasteiger partial charge in [-0.1, -0.05) is 78.6 Å². The van der Waals surface area contributed by atoms with Crippen molar-refractivity contribution in [1.29, 1.82) is 0 Å². The second kappa shape index (κ2) is 14.4. The van der Waals surface area contributed by atoms with E-state index in [9.17, 15) is 4.79 Å². The lowest BCUT2D eigenvalue weighted by Gasteiger charge is -2.33. The molecule has 1 aliphatic rings. The molecule has 0 spiro atoms. The first-order valence-electron chi connectivity index (χ1n) is 12.5. The second-order valence-electron chi connectivity index (χ2n) is 9.79. The predicted octanol–water partition coefficient (Wildman–Crippen LogP) is 6.70. The quantitative estimate of drug-likeness (QED) is 0.332. The van der Waals surface area contributed by atoms with Crippen molar-refractivity contribution >= 4 is 5.91 Å². The lowest BCUT2D eigenvalue weighted by Crippen LogP contribution is -2.43. The maximum absolute atomic E-state index is 13.3. The van der Waals surface area contributed by atoms with Crippen LogP contribution < -0.4 is 5.32 Å². The molecule has 1 saturated heterocycles. The summed E-state index contributed by atoms with van der Waals surface area (Å²) in [5, 5.41) is 3.63. The fourth-order valence-electron chi connectivity index (χ4n) is 4.77. The third-order valence-electron chi connectivity index (χ3n) is 6.58. The van der Waals surface area contributed by atoms with Gasteiger partial charge in [0.1, 0.15) is 0 Å². The molecule has 0 bridgehead atoms. The van der Waals surface area contributed by atoms with Crippen molar-refractivity contribution < 1.29 is 4.79 Å². The fourth-order valence-corrected chi connectivity index (χ4v) is 4.77. The topological polar surface area (TPSA) is 32.3 Å². The van der Waals surface area contributed by atoms with Crippen LogP contribution in [0.3, 0.4) is 0 Å². The molecule has 1 fully saturated rings. The van der Waals surface area contributed by atoms with Crippen LogP contribution in [0.5, 0.6) is 0 Å². The van der Waals surface area contributed by atoms with Crippen molar-refractivity contribution in [1.82, 2.24) is 10.2 Å². The van der Waals surface area contributed by atoms with E-state index < -0.39 is 0 Å². The first-order chi connectivity index (χ1) is 13.4. The summed E-state index contributed by atoms with van der Waals surface area (Å²) in [6.07, 6.45) is 17.3. The van der Waals surface area contributed by atoms with E-state index in [0.29, 0.717) is 17.9 Å². The summed E-state index contributed by atoms with van der Waals surface area (Å²) < 4.78 is 0. The Morgan fingerprint density at radius 2 is 1.54 bits per heavy atom. The molecule has 1 N–H and O–H groups in total. The largest absolute Gasteiger partial charge is 0.338 e. The third kappa shape index (κ3) is 10.3. The van der Waals surface area contributed by atoms with Crippen LogP contribution in [0.1, 0.15) is 125 Å². The molecule has 0 aromatic carbocycles. The predicted molar refractivity (Wildman–Crippen MR) is 123 cm³/mol. The van der Waals surface area contributed by atoms with Crippen LogP contribution in [-0.2, 0) is 4.79 Å². The fraction of sp³-hybridized carbons (Fsp3) is 0.960. The van der Waals surface area contributed by atoms with Gasteiger partial charge in [0.15, 0.2) is 0 Å². The van der Waals surface area contributed by atoms with Crippen molar-refractivity contribution in [2.75, 3.05) is 13.1 Å². The van der Waals surface area contributed by atoms with Gasteiger partial charge in [-0.25, -0.2) is 0 Å². The Labute approximate surface area is 176 Å². The maximum atomic E-state index is 13.3. The molecule has 1 unspecified atom stereocenters. The lowest BCUT2D eigenvalue weighted by molar-refractivity contribution is -0.134. The van der Waals surface area contributed by atoms with Crippen LogP contribution >= 0.6 is 0 Å². The third-order valence-corrected chi connectivity index (χ3v) is 6.58. The van der Waals surface area contributed by atoms with Crippen LogP contribution in [0.25, 0.3) is 0 Å². The summed E-state index contributed by atoms with van der Waals surface area (Å²) in [5.74, 6) is 1.01. The van der Waals surface area contributed by atoms with E-state index in [4.69, 9.17) is 0 Å². The molecule has 0 aromatic heterocycles. The average Bonchev–Trinajstić information content (AvgIpc) is 2.82. The summed E-state index contributed by atoms with van der Waals surface area (Å²) in [7, 11) is 0. The Kier molecular flexibility index (Phi) is 13.1. The van der Waals surface area contributed by atoms with E-state index in [1.54, 1.807) is 0 Å². The van der Waals surface area contributed by atoms with Gasteiger partial charge >= 0.3 is 0 Å². The number of nitrogens with zero attached hydrogens (tertiary/aromatic N) is 1. The molecular formula is C25H50N2O. The number of nitrogens with one attached hydrogen (secondary N) is 1. The van der Waals surface area contributed by atoms with Crippen molar-refractivity contribution in [3.05, 3.63) is 0 Å². The zero-order valence-electron chi connectivity index (χ0n) is 19.8. The highest BCUT2D eigenvalue weighted by atomic mass is 16.2. The Balaban J connectivity index is 2.60. The molecule has 0 radical (unpaired) electrons. The maximum Gasteiger partial charge on any atom is 0.223 e. The van der Waals surface area contributed by atoms with E-state index in [-0.39, 0.29) is 5.54 Å². The molecule has 1 amide bonds. The standard InChI is InChI=1S/C25H50N2O/c1-6-9-11-13-15-17-22(16-14-12-10-7-2)20-24(28)27-19-18-26-25(4,5)21-23(27)8-3/h22-23,26H,6-21H2,1-5H3/t22-,23?/m1/s1. The number of hydrogen-bond donors (Lipinski definition) is 1. The minimum absolute atomic E-state index is 0.133. The van der Waals surface area contributed by atoms with Gasteiger partial charge in [-0.15, -0.1) is 0 Å². The van der Waals surface area contributed by atoms with Crippen LogP contribution in [-0.4, -0.2) is 35.5 Å². The summed E-state index contributed by atoms with van der Waals surface area (Å²) in [6.45, 7) is 13.1. The molecule has 0 aromatic rings. The number of unbranched alkanes of at least 4 members (excludes halogenated alkanes) is 7. The van der Waals surface area contributed by atoms with Gasteiger partial charge in [0.2, 0.25) is 5.91 Å². The Morgan fingerprint density at radius 3 is 2.11 bits per heavy atom. The van der Waals surface area contributed by atoms with Gasteiger partial charge in [0.05, 0.1) is 0 Å². The van der Waals surface area contributed by atoms with Crippen LogP contribution in [0.15, 0.2) is 0 Å². The molecule has 1 rings (SSSR count). The van der Waals surface area contributed by atoms with Gasteiger partial charge in [0.25, 0.3) is 0 Å². The molecule has 166 valence electrons. The van der Waals surface area contributed by atoms with Crippen molar-refractivity contribution in [2.45, 2.75) is 136 Å². The SMILES string of the molecule is CCCCCCC[C@@H](CCCCCC)CC(=O)N1CCNC(C)(C)CC1CC. The molecule has 1 heterocycles. The summed E-state index contributed by atoms with van der Waals surface area (Å²) in [4.78, 5) is 15.5. The molecule has 2 atom stereocenters. The number of hydrogen-bond acceptors (Lipinski definition) is 2. The van der Waals surface area contributed by atoms with Crippen molar-refractivity contribution in [3.8, 4) is 0 Å². The van der Waals surface area contributed by atoms with Crippen molar-refractivity contribution in [3.63, 3.8) is 0 Å². The Hall–Kier alpha value is -0.570. The van der Waals surface area contributed by atoms with Gasteiger partial charge in [-0.2, -0.15) is 0 Å². The minimum Gasteiger partial charge on any atom is -0.338 e. The number of rotatable bonds is 14. The first-order valence-corrected chi connectivity index (χ1v) is 12.5. The zero-order valence-corrected chi connectivity index (χ0v) is 19.8. The normalized spacial score (nSPS) is 20.8. The van der Waals surface area contributed by atoms with Gasteiger partial charge in [-0.3, -0.25) is 4.79 Å². The first kappa shape index (κ1) is 25.5. The molecular weight excluding hydrogens is 344 g/mol. The van der Waals surface area contributed by atoms with E-state index in [1.807, 2.05) is 0 Å². The molecule has 3 heteroatoms. The van der Waals surface area contributed by atoms with Gasteiger partial charge in [-0.05, 0) is 45.4 Å². The highest BCUT2D eigenvalue weighted by molar-refractivity contribution is 5.77. The Bertz CT molecular complexity index is 407. The number of amides is 1. The molecule has 1 aliphatic heterocycles. The van der Waals surface area contributed by atoms with E-state index in [2.05, 4.69) is 44.8 Å². The molecule has 3 nitrogen and oxygen atoms in total. The van der Waals surface area contributed by atoms with Gasteiger partial charge in [0, 0.05) is 31.1 Å². The second-order valence-corrected chi connectivity index (χ2v) is 9.79. The smallest absolute Gasteiger partial charge is 0.223 e. The minimum atomic E-state index is 0.133. The number of carbonyl (C=O) groups excluding carboxylic acids is 1. The Morgan fingerprint density at radius 1 is 0.964 bits per heavy atom. The van der Waals surface area contributed by atoms with E-state index in [0.717, 1.165) is 32.4 Å². The lowest BCUT2D eigenvalue weighted by atomic mass is 9.90. The average molecular weight is 395 g/mol. The molecule has 28 heavy (non-hydrogen) atoms. The van der Waals surface area contributed by atoms with Crippen LogP contribution in [0, 0.1) is 5.92 Å². The summed E-state index contributed by atoms with van der Waals surface area (Å²) in [6, 6.07) is 0.391. The highest BCUT2D eigenvalue weighted by Gasteiger charge is 2.32. The highest BCUT2D eigenvalue weighted by Crippen LogP contribution is 2.26. The van der Waals surface area contributed by atoms with Gasteiger partial charge < -0.3 is 10.2 Å². The summed E-state index contributed by atoms with van der Waals surface area (Å²) >= 11 is 0. The number of carbonyl (C=O) groups is 1. The van der Waals surface area contributed by atoms with Crippen LogP contribution in [0.2, 0.25) is 0 Å². The molecule has 0 aliphatic carbocycles. The van der Waals surface area contributed by atoms with E-state index in [1.165, 1.54) is 70.6 Å². The molecule has 0 saturated carbocycles. The monoisotopic (exact) mass is 394 g/mol. The van der Waals surface area contributed by atoms with Crippen molar-refractivity contribution in [2.24, 2.45) is 5.92 Å². The zero-order chi connectivity index (χ0) is 20.8. The summed E-state index contributed by atoms with van der Waals surface area (Å²) in [5.41, 5.74) is 0.133. The van der Waals surface area contributed by atoms with E-state index >= 15 is 0 Å².